The topological polar surface area (TPSA) is 35.6 Å². The summed E-state index contributed by atoms with van der Waals surface area (Å²) in [5, 5.41) is 9.50. The summed E-state index contributed by atoms with van der Waals surface area (Å²) in [6.45, 7) is 0. The summed E-state index contributed by atoms with van der Waals surface area (Å²) in [6, 6.07) is 83.9. The standard InChI is InChI=1S/C64H40N4/c1-3-17-49(18-4-1)67-59-23-9-7-21-53(59)55-37-47(27-31-61(55)67)43-15-11-13-41(35-43)45-25-29-51-52-30-26-46(40-58(52)64-63(57(51)39-45)65-33-34-66-64)42-14-12-16-44(36-42)48-28-32-62-56(38-48)54-22-8-10-24-60(54)68(62)50-19-5-2-6-20-50/h1-40H. The SMILES string of the molecule is c1ccc(-n2c3ccccc3c3cc(-c4cccc(-c5ccc6c7ccc(-c8cccc(-c9ccc%10c(c9)c9ccccc9n%10-c9ccccc9)c8)cc7c7nccnc7c6c5)c4)ccc32)cc1. The number of aromatic nitrogens is 4. The maximum atomic E-state index is 4.99. The largest absolute Gasteiger partial charge is 0.309 e. The van der Waals surface area contributed by atoms with E-state index in [-0.39, 0.29) is 0 Å². The molecular weight excluding hydrogens is 825 g/mol. The van der Waals surface area contributed by atoms with Crippen molar-refractivity contribution >= 4 is 76.2 Å². The molecular formula is C64H40N4. The van der Waals surface area contributed by atoms with Crippen molar-refractivity contribution in [1.82, 2.24) is 19.1 Å². The lowest BCUT2D eigenvalue weighted by Crippen LogP contribution is -1.92. The molecule has 68 heavy (non-hydrogen) atoms. The van der Waals surface area contributed by atoms with Crippen LogP contribution in [0.4, 0.5) is 0 Å². The Morgan fingerprint density at radius 3 is 0.985 bits per heavy atom. The van der Waals surface area contributed by atoms with Crippen molar-refractivity contribution in [3.63, 3.8) is 0 Å². The first-order chi connectivity index (χ1) is 33.7. The second-order valence-electron chi connectivity index (χ2n) is 17.8. The molecule has 0 radical (unpaired) electrons. The Morgan fingerprint density at radius 1 is 0.221 bits per heavy atom. The highest BCUT2D eigenvalue weighted by Crippen LogP contribution is 2.41. The second-order valence-corrected chi connectivity index (χ2v) is 17.8. The van der Waals surface area contributed by atoms with Gasteiger partial charge in [-0.3, -0.25) is 9.97 Å². The zero-order chi connectivity index (χ0) is 44.7. The summed E-state index contributed by atoms with van der Waals surface area (Å²) in [7, 11) is 0. The van der Waals surface area contributed by atoms with Crippen molar-refractivity contribution in [3.05, 3.63) is 243 Å². The van der Waals surface area contributed by atoms with Crippen molar-refractivity contribution in [2.45, 2.75) is 0 Å². The highest BCUT2D eigenvalue weighted by atomic mass is 15.0. The summed E-state index contributed by atoms with van der Waals surface area (Å²) in [5.74, 6) is 0. The molecule has 0 spiro atoms. The number of hydrogen-bond acceptors (Lipinski definition) is 2. The van der Waals surface area contributed by atoms with E-state index < -0.39 is 0 Å². The molecule has 0 aliphatic heterocycles. The molecule has 0 fully saturated rings. The first-order valence-corrected chi connectivity index (χ1v) is 23.2. The summed E-state index contributed by atoms with van der Waals surface area (Å²) in [4.78, 5) is 9.99. The molecule has 14 rings (SSSR count). The first kappa shape index (κ1) is 38.2. The van der Waals surface area contributed by atoms with Gasteiger partial charge in [-0.25, -0.2) is 0 Å². The first-order valence-electron chi connectivity index (χ1n) is 23.2. The van der Waals surface area contributed by atoms with Crippen LogP contribution >= 0.6 is 0 Å². The number of para-hydroxylation sites is 4. The van der Waals surface area contributed by atoms with E-state index in [1.54, 1.807) is 0 Å². The van der Waals surface area contributed by atoms with Gasteiger partial charge in [-0.2, -0.15) is 0 Å². The Hall–Kier alpha value is -9.12. The maximum absolute atomic E-state index is 4.99. The third kappa shape index (κ3) is 6.01. The van der Waals surface area contributed by atoms with Gasteiger partial charge in [0.2, 0.25) is 0 Å². The van der Waals surface area contributed by atoms with Gasteiger partial charge in [-0.15, -0.1) is 0 Å². The molecule has 3 heterocycles. The van der Waals surface area contributed by atoms with Crippen molar-refractivity contribution < 1.29 is 0 Å². The van der Waals surface area contributed by atoms with Gasteiger partial charge in [0.05, 0.1) is 33.1 Å². The Bertz CT molecular complexity index is 4020. The van der Waals surface area contributed by atoms with E-state index in [0.717, 1.165) is 66.2 Å². The van der Waals surface area contributed by atoms with Gasteiger partial charge in [0.25, 0.3) is 0 Å². The molecule has 14 aromatic rings. The van der Waals surface area contributed by atoms with Crippen LogP contribution in [0.2, 0.25) is 0 Å². The van der Waals surface area contributed by atoms with Crippen LogP contribution in [-0.4, -0.2) is 19.1 Å². The van der Waals surface area contributed by atoms with Gasteiger partial charge in [0.1, 0.15) is 0 Å². The average molecular weight is 865 g/mol. The molecule has 0 N–H and O–H groups in total. The van der Waals surface area contributed by atoms with Crippen LogP contribution in [0.3, 0.4) is 0 Å². The zero-order valence-electron chi connectivity index (χ0n) is 36.9. The molecule has 0 atom stereocenters. The molecule has 0 aliphatic carbocycles. The number of rotatable bonds is 6. The van der Waals surface area contributed by atoms with Crippen LogP contribution in [0, 0.1) is 0 Å². The molecule has 0 saturated carbocycles. The van der Waals surface area contributed by atoms with Crippen molar-refractivity contribution in [1.29, 1.82) is 0 Å². The minimum Gasteiger partial charge on any atom is -0.309 e. The Morgan fingerprint density at radius 2 is 0.559 bits per heavy atom. The fourth-order valence-electron chi connectivity index (χ4n) is 10.8. The Labute approximate surface area is 392 Å². The average Bonchev–Trinajstić information content (AvgIpc) is 3.93. The summed E-state index contributed by atoms with van der Waals surface area (Å²) < 4.78 is 4.73. The van der Waals surface area contributed by atoms with Gasteiger partial charge >= 0.3 is 0 Å². The van der Waals surface area contributed by atoms with Gasteiger partial charge in [0, 0.05) is 56.1 Å². The molecule has 0 bridgehead atoms. The van der Waals surface area contributed by atoms with Gasteiger partial charge in [-0.1, -0.05) is 146 Å². The molecule has 0 amide bonds. The molecule has 11 aromatic carbocycles. The van der Waals surface area contributed by atoms with E-state index in [1.807, 2.05) is 12.4 Å². The lowest BCUT2D eigenvalue weighted by molar-refractivity contribution is 1.18. The Kier molecular flexibility index (Phi) is 8.55. The fourth-order valence-corrected chi connectivity index (χ4v) is 10.8. The van der Waals surface area contributed by atoms with E-state index in [0.29, 0.717) is 0 Å². The predicted molar refractivity (Wildman–Crippen MR) is 285 cm³/mol. The Balaban J connectivity index is 0.834. The number of nitrogens with zero attached hydrogens (tertiary/aromatic N) is 4. The van der Waals surface area contributed by atoms with E-state index in [1.165, 1.54) is 65.9 Å². The van der Waals surface area contributed by atoms with Crippen molar-refractivity contribution in [3.8, 4) is 55.9 Å². The van der Waals surface area contributed by atoms with Gasteiger partial charge in [0.15, 0.2) is 0 Å². The summed E-state index contributed by atoms with van der Waals surface area (Å²) >= 11 is 0. The lowest BCUT2D eigenvalue weighted by atomic mass is 9.92. The van der Waals surface area contributed by atoms with E-state index in [9.17, 15) is 0 Å². The van der Waals surface area contributed by atoms with E-state index in [4.69, 9.17) is 9.97 Å². The molecule has 316 valence electrons. The number of benzene rings is 11. The van der Waals surface area contributed by atoms with Crippen LogP contribution in [0.15, 0.2) is 243 Å². The highest BCUT2D eigenvalue weighted by molar-refractivity contribution is 6.24. The molecule has 4 nitrogen and oxygen atoms in total. The third-order valence-corrected chi connectivity index (χ3v) is 14.0. The summed E-state index contributed by atoms with van der Waals surface area (Å²) in [6.07, 6.45) is 3.63. The maximum Gasteiger partial charge on any atom is 0.0971 e. The monoisotopic (exact) mass is 864 g/mol. The molecule has 0 unspecified atom stereocenters. The fraction of sp³-hybridized carbons (Fsp3) is 0. The lowest BCUT2D eigenvalue weighted by Gasteiger charge is -2.13. The molecule has 4 heteroatoms. The second kappa shape index (κ2) is 15.2. The van der Waals surface area contributed by atoms with Gasteiger partial charge in [-0.05, 0) is 140 Å². The molecule has 3 aromatic heterocycles. The zero-order valence-corrected chi connectivity index (χ0v) is 36.9. The highest BCUT2D eigenvalue weighted by Gasteiger charge is 2.17. The van der Waals surface area contributed by atoms with E-state index in [2.05, 4.69) is 240 Å². The van der Waals surface area contributed by atoms with Crippen molar-refractivity contribution in [2.24, 2.45) is 0 Å². The van der Waals surface area contributed by atoms with Crippen LogP contribution < -0.4 is 0 Å². The van der Waals surface area contributed by atoms with E-state index >= 15 is 0 Å². The minimum absolute atomic E-state index is 0.905. The predicted octanol–water partition coefficient (Wildman–Crippen LogP) is 16.8. The summed E-state index contributed by atoms with van der Waals surface area (Å²) in [5.41, 5.74) is 18.3. The van der Waals surface area contributed by atoms with Crippen LogP contribution in [0.5, 0.6) is 0 Å². The third-order valence-electron chi connectivity index (χ3n) is 14.0. The smallest absolute Gasteiger partial charge is 0.0971 e. The van der Waals surface area contributed by atoms with Crippen LogP contribution in [-0.2, 0) is 0 Å². The molecule has 0 aliphatic rings. The van der Waals surface area contributed by atoms with Crippen LogP contribution in [0.25, 0.3) is 132 Å². The quantitative estimate of drug-likeness (QED) is 0.156. The van der Waals surface area contributed by atoms with Crippen molar-refractivity contribution in [2.75, 3.05) is 0 Å². The number of hydrogen-bond donors (Lipinski definition) is 0. The minimum atomic E-state index is 0.905. The molecule has 0 saturated heterocycles. The normalized spacial score (nSPS) is 11.8. The van der Waals surface area contributed by atoms with Gasteiger partial charge < -0.3 is 9.13 Å². The number of fused-ring (bicyclic) bond motifs is 12. The van der Waals surface area contributed by atoms with Crippen LogP contribution in [0.1, 0.15) is 0 Å².